The molecule has 0 bridgehead atoms. The lowest BCUT2D eigenvalue weighted by atomic mass is 10.1. The van der Waals surface area contributed by atoms with Gasteiger partial charge in [-0.05, 0) is 35.6 Å². The number of aliphatic imine (C=N–C) groups is 1. The maximum Gasteiger partial charge on any atom is 0.191 e. The van der Waals surface area contributed by atoms with Gasteiger partial charge in [0.15, 0.2) is 5.96 Å². The molecule has 0 atom stereocenters. The van der Waals surface area contributed by atoms with Gasteiger partial charge in [-0.3, -0.25) is 4.99 Å². The summed E-state index contributed by atoms with van der Waals surface area (Å²) in [5, 5.41) is 9.46. The number of nitrogens with zero attached hydrogens (tertiary/aromatic N) is 1. The molecule has 0 aromatic heterocycles. The molecular weight excluding hydrogens is 397 g/mol. The Morgan fingerprint density at radius 1 is 1.09 bits per heavy atom. The maximum absolute atomic E-state index is 4.30. The summed E-state index contributed by atoms with van der Waals surface area (Å²) in [6.07, 6.45) is 7.62. The third kappa shape index (κ3) is 4.96. The molecule has 2 aromatic carbocycles. The van der Waals surface area contributed by atoms with Gasteiger partial charge in [0.05, 0.1) is 0 Å². The summed E-state index contributed by atoms with van der Waals surface area (Å²) in [5.41, 5.74) is 1.35. The van der Waals surface area contributed by atoms with Crippen LogP contribution in [0.3, 0.4) is 0 Å². The quantitative estimate of drug-likeness (QED) is 0.340. The highest BCUT2D eigenvalue weighted by atomic mass is 127. The van der Waals surface area contributed by atoms with Crippen molar-refractivity contribution in [3.05, 3.63) is 60.2 Å². The molecule has 2 aromatic rings. The van der Waals surface area contributed by atoms with E-state index in [2.05, 4.69) is 70.2 Å². The van der Waals surface area contributed by atoms with Crippen LogP contribution in [0.4, 0.5) is 0 Å². The van der Waals surface area contributed by atoms with E-state index < -0.39 is 0 Å². The summed E-state index contributed by atoms with van der Waals surface area (Å²) in [7, 11) is 1.83. The molecule has 0 amide bonds. The average molecular weight is 421 g/mol. The summed E-state index contributed by atoms with van der Waals surface area (Å²) in [6.45, 7) is 0.887. The van der Waals surface area contributed by atoms with Gasteiger partial charge in [-0.1, -0.05) is 54.6 Å². The van der Waals surface area contributed by atoms with Crippen LogP contribution < -0.4 is 10.6 Å². The number of halogens is 1. The summed E-state index contributed by atoms with van der Waals surface area (Å²) in [4.78, 5) is 4.30. The van der Waals surface area contributed by atoms with Crippen molar-refractivity contribution in [2.24, 2.45) is 4.99 Å². The van der Waals surface area contributed by atoms with Gasteiger partial charge < -0.3 is 10.6 Å². The van der Waals surface area contributed by atoms with E-state index >= 15 is 0 Å². The van der Waals surface area contributed by atoms with Crippen molar-refractivity contribution >= 4 is 40.7 Å². The van der Waals surface area contributed by atoms with Crippen molar-refractivity contribution in [1.29, 1.82) is 0 Å². The minimum absolute atomic E-state index is 0. The standard InChI is InChI=1S/C19H23N3.HI/c1-20-19(22-18-8-4-5-9-18)21-13-12-15-10-11-16-6-2-3-7-17(16)14-15;/h2-7,10-11,14,18H,8-9,12-13H2,1H3,(H2,20,21,22);1H. The fourth-order valence-corrected chi connectivity index (χ4v) is 2.84. The Hall–Kier alpha value is -1.56. The first kappa shape index (κ1) is 17.8. The minimum Gasteiger partial charge on any atom is -0.356 e. The molecular formula is C19H24IN3. The molecule has 0 saturated heterocycles. The van der Waals surface area contributed by atoms with E-state index in [4.69, 9.17) is 0 Å². The fraction of sp³-hybridized carbons (Fsp3) is 0.316. The van der Waals surface area contributed by atoms with Gasteiger partial charge in [0, 0.05) is 19.6 Å². The first-order chi connectivity index (χ1) is 10.8. The second-order valence-corrected chi connectivity index (χ2v) is 5.71. The molecule has 0 unspecified atom stereocenters. The second kappa shape index (κ2) is 8.91. The largest absolute Gasteiger partial charge is 0.356 e. The van der Waals surface area contributed by atoms with Crippen LogP contribution in [0.1, 0.15) is 18.4 Å². The highest BCUT2D eigenvalue weighted by Crippen LogP contribution is 2.15. The number of rotatable bonds is 4. The lowest BCUT2D eigenvalue weighted by Gasteiger charge is -2.17. The summed E-state index contributed by atoms with van der Waals surface area (Å²) < 4.78 is 0. The predicted octanol–water partition coefficient (Wildman–Crippen LogP) is 3.88. The molecule has 0 saturated carbocycles. The molecule has 1 aliphatic rings. The monoisotopic (exact) mass is 421 g/mol. The maximum atomic E-state index is 4.30. The highest BCUT2D eigenvalue weighted by molar-refractivity contribution is 14.0. The van der Waals surface area contributed by atoms with E-state index in [1.165, 1.54) is 16.3 Å². The Bertz CT molecular complexity index is 686. The number of fused-ring (bicyclic) bond motifs is 1. The van der Waals surface area contributed by atoms with Crippen molar-refractivity contribution in [2.45, 2.75) is 25.3 Å². The molecule has 1 aliphatic carbocycles. The molecule has 2 N–H and O–H groups in total. The highest BCUT2D eigenvalue weighted by Gasteiger charge is 2.11. The van der Waals surface area contributed by atoms with Crippen molar-refractivity contribution in [2.75, 3.05) is 13.6 Å². The Labute approximate surface area is 155 Å². The summed E-state index contributed by atoms with van der Waals surface area (Å²) in [5.74, 6) is 0.898. The Morgan fingerprint density at radius 2 is 1.83 bits per heavy atom. The van der Waals surface area contributed by atoms with Gasteiger partial charge >= 0.3 is 0 Å². The lowest BCUT2D eigenvalue weighted by Crippen LogP contribution is -2.43. The topological polar surface area (TPSA) is 36.4 Å². The number of hydrogen-bond donors (Lipinski definition) is 2. The smallest absolute Gasteiger partial charge is 0.191 e. The summed E-state index contributed by atoms with van der Waals surface area (Å²) >= 11 is 0. The number of hydrogen-bond acceptors (Lipinski definition) is 1. The van der Waals surface area contributed by atoms with Crippen molar-refractivity contribution in [3.8, 4) is 0 Å². The van der Waals surface area contributed by atoms with E-state index in [0.29, 0.717) is 6.04 Å². The molecule has 4 heteroatoms. The van der Waals surface area contributed by atoms with Crippen LogP contribution in [0.2, 0.25) is 0 Å². The molecule has 122 valence electrons. The van der Waals surface area contributed by atoms with Crippen LogP contribution in [-0.2, 0) is 6.42 Å². The van der Waals surface area contributed by atoms with Gasteiger partial charge in [-0.2, -0.15) is 0 Å². The molecule has 3 rings (SSSR count). The molecule has 0 aliphatic heterocycles. The van der Waals surface area contributed by atoms with E-state index in [1.807, 2.05) is 7.05 Å². The van der Waals surface area contributed by atoms with Crippen LogP contribution in [0, 0.1) is 0 Å². The first-order valence-electron chi connectivity index (χ1n) is 7.95. The third-order valence-electron chi connectivity index (χ3n) is 4.09. The Morgan fingerprint density at radius 3 is 2.57 bits per heavy atom. The predicted molar refractivity (Wildman–Crippen MR) is 110 cm³/mol. The van der Waals surface area contributed by atoms with Crippen LogP contribution in [0.25, 0.3) is 10.8 Å². The lowest BCUT2D eigenvalue weighted by molar-refractivity contribution is 0.633. The molecule has 3 nitrogen and oxygen atoms in total. The van der Waals surface area contributed by atoms with Crippen LogP contribution in [-0.4, -0.2) is 25.6 Å². The van der Waals surface area contributed by atoms with E-state index in [1.54, 1.807) is 0 Å². The third-order valence-corrected chi connectivity index (χ3v) is 4.09. The van der Waals surface area contributed by atoms with Gasteiger partial charge in [0.25, 0.3) is 0 Å². The molecule has 0 fully saturated rings. The summed E-state index contributed by atoms with van der Waals surface area (Å²) in [6, 6.07) is 15.7. The van der Waals surface area contributed by atoms with Gasteiger partial charge in [-0.25, -0.2) is 0 Å². The normalized spacial score (nSPS) is 14.7. The number of guanidine groups is 1. The van der Waals surface area contributed by atoms with Crippen molar-refractivity contribution in [1.82, 2.24) is 10.6 Å². The fourth-order valence-electron chi connectivity index (χ4n) is 2.84. The van der Waals surface area contributed by atoms with Crippen LogP contribution in [0.15, 0.2) is 59.6 Å². The molecule has 0 heterocycles. The van der Waals surface area contributed by atoms with Crippen molar-refractivity contribution < 1.29 is 0 Å². The van der Waals surface area contributed by atoms with E-state index in [-0.39, 0.29) is 24.0 Å². The van der Waals surface area contributed by atoms with E-state index in [9.17, 15) is 0 Å². The second-order valence-electron chi connectivity index (χ2n) is 5.71. The number of benzene rings is 2. The van der Waals surface area contributed by atoms with Gasteiger partial charge in [0.1, 0.15) is 0 Å². The van der Waals surface area contributed by atoms with Crippen LogP contribution in [0.5, 0.6) is 0 Å². The van der Waals surface area contributed by atoms with Gasteiger partial charge in [0.2, 0.25) is 0 Å². The molecule has 0 radical (unpaired) electrons. The van der Waals surface area contributed by atoms with Crippen molar-refractivity contribution in [3.63, 3.8) is 0 Å². The zero-order valence-corrected chi connectivity index (χ0v) is 15.8. The molecule has 0 spiro atoms. The first-order valence-corrected chi connectivity index (χ1v) is 7.95. The minimum atomic E-state index is 0. The Balaban J connectivity index is 0.00000192. The van der Waals surface area contributed by atoms with Crippen LogP contribution >= 0.6 is 24.0 Å². The number of nitrogens with one attached hydrogen (secondary N) is 2. The SMILES string of the molecule is CN=C(NCCc1ccc2ccccc2c1)NC1CC=CC1.I. The van der Waals surface area contributed by atoms with Gasteiger partial charge in [-0.15, -0.1) is 24.0 Å². The Kier molecular flexibility index (Phi) is 6.89. The van der Waals surface area contributed by atoms with E-state index in [0.717, 1.165) is 31.8 Å². The average Bonchev–Trinajstić information content (AvgIpc) is 3.07. The zero-order valence-electron chi connectivity index (χ0n) is 13.5. The molecule has 23 heavy (non-hydrogen) atoms. The zero-order chi connectivity index (χ0) is 15.2.